The van der Waals surface area contributed by atoms with Gasteiger partial charge in [0.2, 0.25) is 0 Å². The van der Waals surface area contributed by atoms with Crippen LogP contribution >= 0.6 is 11.8 Å². The maximum absolute atomic E-state index is 12.5. The Bertz CT molecular complexity index is 693. The Labute approximate surface area is 140 Å². The van der Waals surface area contributed by atoms with Gasteiger partial charge in [0, 0.05) is 29.7 Å². The molecule has 0 unspecified atom stereocenters. The summed E-state index contributed by atoms with van der Waals surface area (Å²) in [6.07, 6.45) is 6.50. The van der Waals surface area contributed by atoms with Gasteiger partial charge in [-0.2, -0.15) is 11.8 Å². The van der Waals surface area contributed by atoms with Crippen LogP contribution in [0.1, 0.15) is 28.8 Å². The average molecular weight is 328 g/mol. The van der Waals surface area contributed by atoms with Gasteiger partial charge in [0.05, 0.1) is 11.8 Å². The average Bonchev–Trinajstić information content (AvgIpc) is 3.25. The quantitative estimate of drug-likeness (QED) is 0.931. The van der Waals surface area contributed by atoms with Crippen molar-refractivity contribution in [1.29, 1.82) is 0 Å². The SMILES string of the molecule is O=C(c1ccoc1)N1CCc2cc(N[C@@H]3CCCSC3)ccc21. The summed E-state index contributed by atoms with van der Waals surface area (Å²) in [4.78, 5) is 14.4. The van der Waals surface area contributed by atoms with Crippen molar-refractivity contribution in [1.82, 2.24) is 0 Å². The molecule has 4 rings (SSSR count). The smallest absolute Gasteiger partial charge is 0.261 e. The number of carbonyl (C=O) groups is 1. The van der Waals surface area contributed by atoms with Crippen LogP contribution < -0.4 is 10.2 Å². The number of nitrogens with one attached hydrogen (secondary N) is 1. The van der Waals surface area contributed by atoms with Gasteiger partial charge < -0.3 is 14.6 Å². The van der Waals surface area contributed by atoms with Gasteiger partial charge >= 0.3 is 0 Å². The number of hydrogen-bond donors (Lipinski definition) is 1. The number of nitrogens with zero attached hydrogens (tertiary/aromatic N) is 1. The molecule has 1 atom stereocenters. The standard InChI is InChI=1S/C18H20N2O2S/c21-18(14-6-8-22-11-14)20-7-5-13-10-15(3-4-17(13)20)19-16-2-1-9-23-12-16/h3-4,6,8,10-11,16,19H,1-2,5,7,9,12H2/t16-/m1/s1. The Morgan fingerprint density at radius 3 is 3.09 bits per heavy atom. The van der Waals surface area contributed by atoms with Crippen LogP contribution in [0.25, 0.3) is 0 Å². The number of carbonyl (C=O) groups excluding carboxylic acids is 1. The van der Waals surface area contributed by atoms with E-state index in [0.717, 1.165) is 18.7 Å². The van der Waals surface area contributed by atoms with Gasteiger partial charge in [-0.1, -0.05) is 0 Å². The Morgan fingerprint density at radius 2 is 2.30 bits per heavy atom. The van der Waals surface area contributed by atoms with Gasteiger partial charge in [-0.15, -0.1) is 0 Å². The predicted molar refractivity (Wildman–Crippen MR) is 94.5 cm³/mol. The molecule has 0 saturated carbocycles. The fourth-order valence-electron chi connectivity index (χ4n) is 3.33. The molecule has 0 aliphatic carbocycles. The Balaban J connectivity index is 1.51. The van der Waals surface area contributed by atoms with Crippen molar-refractivity contribution in [2.75, 3.05) is 28.3 Å². The van der Waals surface area contributed by atoms with Gasteiger partial charge in [0.1, 0.15) is 6.26 Å². The summed E-state index contributed by atoms with van der Waals surface area (Å²) < 4.78 is 5.03. The highest BCUT2D eigenvalue weighted by Crippen LogP contribution is 2.32. The Morgan fingerprint density at radius 1 is 1.35 bits per heavy atom. The fraction of sp³-hybridized carbons (Fsp3) is 0.389. The van der Waals surface area contributed by atoms with Crippen molar-refractivity contribution in [3.8, 4) is 0 Å². The van der Waals surface area contributed by atoms with E-state index in [1.54, 1.807) is 12.3 Å². The molecule has 3 heterocycles. The van der Waals surface area contributed by atoms with Crippen molar-refractivity contribution < 1.29 is 9.21 Å². The molecule has 1 aromatic heterocycles. The third-order valence-electron chi connectivity index (χ3n) is 4.52. The number of anilines is 2. The summed E-state index contributed by atoms with van der Waals surface area (Å²) in [6.45, 7) is 0.738. The molecule has 1 aromatic carbocycles. The van der Waals surface area contributed by atoms with Crippen LogP contribution in [0.15, 0.2) is 41.2 Å². The summed E-state index contributed by atoms with van der Waals surface area (Å²) in [5, 5.41) is 3.64. The van der Waals surface area contributed by atoms with Gasteiger partial charge in [0.15, 0.2) is 0 Å². The molecule has 23 heavy (non-hydrogen) atoms. The maximum atomic E-state index is 12.5. The van der Waals surface area contributed by atoms with E-state index in [0.29, 0.717) is 11.6 Å². The molecular weight excluding hydrogens is 308 g/mol. The monoisotopic (exact) mass is 328 g/mol. The van der Waals surface area contributed by atoms with Crippen LogP contribution in [-0.2, 0) is 6.42 Å². The van der Waals surface area contributed by atoms with Crippen LogP contribution in [-0.4, -0.2) is 30.0 Å². The number of benzene rings is 1. The molecule has 1 amide bonds. The second-order valence-corrected chi connectivity index (χ2v) is 7.27. The third kappa shape index (κ3) is 2.98. The number of hydrogen-bond acceptors (Lipinski definition) is 4. The molecule has 0 radical (unpaired) electrons. The first-order chi connectivity index (χ1) is 11.3. The fourth-order valence-corrected chi connectivity index (χ4v) is 4.41. The molecule has 1 fully saturated rings. The van der Waals surface area contributed by atoms with Crippen LogP contribution in [0.2, 0.25) is 0 Å². The zero-order valence-corrected chi connectivity index (χ0v) is 13.8. The summed E-state index contributed by atoms with van der Waals surface area (Å²) in [6, 6.07) is 8.66. The highest BCUT2D eigenvalue weighted by molar-refractivity contribution is 7.99. The van der Waals surface area contributed by atoms with Crippen LogP contribution in [0.5, 0.6) is 0 Å². The first-order valence-electron chi connectivity index (χ1n) is 8.12. The lowest BCUT2D eigenvalue weighted by atomic mass is 10.1. The van der Waals surface area contributed by atoms with Crippen molar-refractivity contribution in [2.24, 2.45) is 0 Å². The minimum absolute atomic E-state index is 0.0156. The molecule has 4 nitrogen and oxygen atoms in total. The maximum Gasteiger partial charge on any atom is 0.261 e. The van der Waals surface area contributed by atoms with Gasteiger partial charge in [0.25, 0.3) is 5.91 Å². The number of fused-ring (bicyclic) bond motifs is 1. The number of thioether (sulfide) groups is 1. The van der Waals surface area contributed by atoms with Crippen LogP contribution in [0.3, 0.4) is 0 Å². The van der Waals surface area contributed by atoms with E-state index in [2.05, 4.69) is 23.5 Å². The molecule has 1 N–H and O–H groups in total. The largest absolute Gasteiger partial charge is 0.472 e. The normalized spacial score (nSPS) is 20.3. The molecule has 2 aromatic rings. The number of amides is 1. The second-order valence-electron chi connectivity index (χ2n) is 6.12. The molecule has 2 aliphatic rings. The zero-order chi connectivity index (χ0) is 15.6. The Hall–Kier alpha value is -1.88. The molecule has 5 heteroatoms. The first kappa shape index (κ1) is 14.7. The molecule has 120 valence electrons. The number of rotatable bonds is 3. The van der Waals surface area contributed by atoms with Gasteiger partial charge in [-0.3, -0.25) is 4.79 Å². The Kier molecular flexibility index (Phi) is 4.04. The lowest BCUT2D eigenvalue weighted by molar-refractivity contribution is 0.0989. The molecule has 0 spiro atoms. The molecule has 0 bridgehead atoms. The van der Waals surface area contributed by atoms with Crippen molar-refractivity contribution in [3.05, 3.63) is 47.9 Å². The number of furan rings is 1. The van der Waals surface area contributed by atoms with E-state index in [-0.39, 0.29) is 5.91 Å². The minimum Gasteiger partial charge on any atom is -0.472 e. The van der Waals surface area contributed by atoms with Crippen molar-refractivity contribution in [3.63, 3.8) is 0 Å². The lowest BCUT2D eigenvalue weighted by Crippen LogP contribution is -2.28. The molecular formula is C18H20N2O2S. The second kappa shape index (κ2) is 6.32. The van der Waals surface area contributed by atoms with Crippen molar-refractivity contribution in [2.45, 2.75) is 25.3 Å². The first-order valence-corrected chi connectivity index (χ1v) is 9.28. The topological polar surface area (TPSA) is 45.5 Å². The molecule has 2 aliphatic heterocycles. The lowest BCUT2D eigenvalue weighted by Gasteiger charge is -2.24. The summed E-state index contributed by atoms with van der Waals surface area (Å²) in [5.74, 6) is 2.48. The summed E-state index contributed by atoms with van der Waals surface area (Å²) >= 11 is 2.03. The highest BCUT2D eigenvalue weighted by Gasteiger charge is 2.26. The van der Waals surface area contributed by atoms with E-state index < -0.39 is 0 Å². The van der Waals surface area contributed by atoms with E-state index in [9.17, 15) is 4.79 Å². The van der Waals surface area contributed by atoms with Crippen molar-refractivity contribution >= 4 is 29.0 Å². The third-order valence-corrected chi connectivity index (χ3v) is 5.73. The van der Waals surface area contributed by atoms with Crippen LogP contribution in [0.4, 0.5) is 11.4 Å². The van der Waals surface area contributed by atoms with E-state index in [4.69, 9.17) is 4.42 Å². The summed E-state index contributed by atoms with van der Waals surface area (Å²) in [5.41, 5.74) is 4.06. The van der Waals surface area contributed by atoms with E-state index in [1.165, 1.54) is 41.9 Å². The van der Waals surface area contributed by atoms with E-state index >= 15 is 0 Å². The minimum atomic E-state index is 0.0156. The van der Waals surface area contributed by atoms with E-state index in [1.807, 2.05) is 16.7 Å². The van der Waals surface area contributed by atoms with Gasteiger partial charge in [-0.25, -0.2) is 0 Å². The summed E-state index contributed by atoms with van der Waals surface area (Å²) in [7, 11) is 0. The molecule has 1 saturated heterocycles. The predicted octanol–water partition coefficient (Wildman–Crippen LogP) is 3.79. The zero-order valence-electron chi connectivity index (χ0n) is 13.0. The van der Waals surface area contributed by atoms with Crippen LogP contribution in [0, 0.1) is 0 Å². The van der Waals surface area contributed by atoms with Gasteiger partial charge in [-0.05, 0) is 54.8 Å². The highest BCUT2D eigenvalue weighted by atomic mass is 32.2.